The fraction of sp³-hybridized carbons (Fsp3) is 0.0952. The Labute approximate surface area is 189 Å². The van der Waals surface area contributed by atoms with Gasteiger partial charge in [0, 0.05) is 17.2 Å². The Bertz CT molecular complexity index is 1290. The number of carbonyl (C=O) groups excluding carboxylic acids is 1. The molecular formula is C21H16Cl2N2O5S. The second kappa shape index (κ2) is 8.66. The van der Waals surface area contributed by atoms with Gasteiger partial charge in [-0.15, -0.1) is 0 Å². The number of hydrogen-bond donors (Lipinski definition) is 0. The molecule has 7 nitrogen and oxygen atoms in total. The molecule has 0 aliphatic heterocycles. The molecule has 0 aromatic heterocycles. The lowest BCUT2D eigenvalue weighted by atomic mass is 10.1. The monoisotopic (exact) mass is 478 g/mol. The number of nitro benzene ring substituents is 1. The van der Waals surface area contributed by atoms with Gasteiger partial charge in [0.2, 0.25) is 0 Å². The van der Waals surface area contributed by atoms with Gasteiger partial charge in [0.05, 0.1) is 26.1 Å². The van der Waals surface area contributed by atoms with Gasteiger partial charge >= 0.3 is 0 Å². The number of nitrogens with zero attached hydrogens (tertiary/aromatic N) is 2. The van der Waals surface area contributed by atoms with E-state index < -0.39 is 26.5 Å². The number of sulfonamides is 1. The number of halogens is 2. The zero-order valence-electron chi connectivity index (χ0n) is 16.4. The molecule has 0 heterocycles. The minimum Gasteiger partial charge on any atom is -0.268 e. The number of amides is 1. The van der Waals surface area contributed by atoms with Crippen molar-refractivity contribution in [1.29, 1.82) is 0 Å². The molecule has 10 heteroatoms. The summed E-state index contributed by atoms with van der Waals surface area (Å²) in [6.45, 7) is 3.41. The third kappa shape index (κ3) is 4.56. The molecule has 0 bridgehead atoms. The Morgan fingerprint density at radius 3 is 2.23 bits per heavy atom. The Morgan fingerprint density at radius 1 is 0.968 bits per heavy atom. The van der Waals surface area contributed by atoms with Crippen molar-refractivity contribution in [3.63, 3.8) is 0 Å². The summed E-state index contributed by atoms with van der Waals surface area (Å²) in [6.07, 6.45) is 0. The first kappa shape index (κ1) is 22.7. The predicted octanol–water partition coefficient (Wildman–Crippen LogP) is 5.55. The normalized spacial score (nSPS) is 11.2. The van der Waals surface area contributed by atoms with E-state index in [1.54, 1.807) is 32.0 Å². The van der Waals surface area contributed by atoms with Crippen LogP contribution in [0.25, 0.3) is 0 Å². The van der Waals surface area contributed by atoms with Gasteiger partial charge in [-0.25, -0.2) is 8.42 Å². The number of anilines is 1. The van der Waals surface area contributed by atoms with Crippen LogP contribution in [0.5, 0.6) is 0 Å². The molecule has 160 valence electrons. The molecule has 0 fully saturated rings. The van der Waals surface area contributed by atoms with Crippen molar-refractivity contribution in [2.24, 2.45) is 0 Å². The molecule has 3 aromatic rings. The lowest BCUT2D eigenvalue weighted by Gasteiger charge is -2.25. The van der Waals surface area contributed by atoms with Crippen molar-refractivity contribution >= 4 is 50.5 Å². The van der Waals surface area contributed by atoms with Crippen molar-refractivity contribution < 1.29 is 18.1 Å². The van der Waals surface area contributed by atoms with Crippen molar-refractivity contribution in [3.8, 4) is 0 Å². The number of benzene rings is 3. The minimum atomic E-state index is -4.41. The molecule has 3 rings (SSSR count). The maximum absolute atomic E-state index is 13.5. The molecule has 0 aliphatic carbocycles. The standard InChI is InChI=1S/C21H16Cl2N2O5S/c1-13-3-4-14(2)20(11-13)24(31(29,30)17-8-5-15(22)6-9-17)21(26)18-12-16(25(27)28)7-10-19(18)23/h3-12H,1-2H3. The topological polar surface area (TPSA) is 97.6 Å². The van der Waals surface area contributed by atoms with E-state index in [9.17, 15) is 23.3 Å². The minimum absolute atomic E-state index is 0.113. The fourth-order valence-corrected chi connectivity index (χ4v) is 4.69. The number of nitro groups is 1. The highest BCUT2D eigenvalue weighted by Gasteiger charge is 2.34. The van der Waals surface area contributed by atoms with Crippen molar-refractivity contribution in [2.75, 3.05) is 4.31 Å². The van der Waals surface area contributed by atoms with E-state index in [4.69, 9.17) is 23.2 Å². The number of carbonyl (C=O) groups is 1. The van der Waals surface area contributed by atoms with Crippen LogP contribution in [0.4, 0.5) is 11.4 Å². The van der Waals surface area contributed by atoms with Gasteiger partial charge in [-0.3, -0.25) is 14.9 Å². The molecule has 3 aromatic carbocycles. The van der Waals surface area contributed by atoms with Gasteiger partial charge in [-0.1, -0.05) is 35.3 Å². The van der Waals surface area contributed by atoms with E-state index in [1.807, 2.05) is 0 Å². The first-order valence-electron chi connectivity index (χ1n) is 8.89. The fourth-order valence-electron chi connectivity index (χ4n) is 2.90. The van der Waals surface area contributed by atoms with Crippen molar-refractivity contribution in [3.05, 3.63) is 97.5 Å². The average Bonchev–Trinajstić information content (AvgIpc) is 2.71. The van der Waals surface area contributed by atoms with Gasteiger partial charge in [0.1, 0.15) is 0 Å². The van der Waals surface area contributed by atoms with E-state index >= 15 is 0 Å². The summed E-state index contributed by atoms with van der Waals surface area (Å²) in [6, 6.07) is 13.6. The highest BCUT2D eigenvalue weighted by molar-refractivity contribution is 7.93. The molecule has 0 saturated carbocycles. The van der Waals surface area contributed by atoms with E-state index in [0.29, 0.717) is 14.9 Å². The molecule has 0 unspecified atom stereocenters. The van der Waals surface area contributed by atoms with Gasteiger partial charge in [-0.05, 0) is 61.4 Å². The molecule has 0 atom stereocenters. The third-order valence-corrected chi connectivity index (χ3v) is 6.80. The molecule has 1 amide bonds. The summed E-state index contributed by atoms with van der Waals surface area (Å²) in [5, 5.41) is 11.4. The Balaban J connectivity index is 2.28. The van der Waals surface area contributed by atoms with E-state index in [2.05, 4.69) is 0 Å². The molecule has 0 N–H and O–H groups in total. The number of non-ortho nitro benzene ring substituents is 1. The van der Waals surface area contributed by atoms with E-state index in [-0.39, 0.29) is 21.2 Å². The van der Waals surface area contributed by atoms with Crippen LogP contribution in [-0.2, 0) is 10.0 Å². The molecular weight excluding hydrogens is 463 g/mol. The van der Waals surface area contributed by atoms with E-state index in [0.717, 1.165) is 17.7 Å². The molecule has 31 heavy (non-hydrogen) atoms. The van der Waals surface area contributed by atoms with Crippen LogP contribution in [0.1, 0.15) is 21.5 Å². The van der Waals surface area contributed by atoms with Crippen LogP contribution in [0, 0.1) is 24.0 Å². The second-order valence-corrected chi connectivity index (χ2v) is 9.37. The molecule has 0 saturated heterocycles. The average molecular weight is 479 g/mol. The summed E-state index contributed by atoms with van der Waals surface area (Å²) in [5.74, 6) is -1.02. The van der Waals surface area contributed by atoms with Crippen LogP contribution in [0.3, 0.4) is 0 Å². The number of rotatable bonds is 5. The van der Waals surface area contributed by atoms with Crippen LogP contribution in [0.2, 0.25) is 10.0 Å². The van der Waals surface area contributed by atoms with Crippen LogP contribution < -0.4 is 4.31 Å². The predicted molar refractivity (Wildman–Crippen MR) is 119 cm³/mol. The summed E-state index contributed by atoms with van der Waals surface area (Å²) in [5.41, 5.74) is 0.641. The van der Waals surface area contributed by atoms with Gasteiger partial charge in [-0.2, -0.15) is 4.31 Å². The Hall–Kier alpha value is -2.94. The molecule has 0 aliphatic rings. The van der Waals surface area contributed by atoms with Gasteiger partial charge in [0.15, 0.2) is 0 Å². The summed E-state index contributed by atoms with van der Waals surface area (Å²) in [7, 11) is -4.41. The Kier molecular flexibility index (Phi) is 6.35. The Morgan fingerprint density at radius 2 is 1.61 bits per heavy atom. The first-order valence-corrected chi connectivity index (χ1v) is 11.1. The van der Waals surface area contributed by atoms with Gasteiger partial charge < -0.3 is 0 Å². The maximum Gasteiger partial charge on any atom is 0.274 e. The van der Waals surface area contributed by atoms with Crippen molar-refractivity contribution in [2.45, 2.75) is 18.7 Å². The number of hydrogen-bond acceptors (Lipinski definition) is 5. The quantitative estimate of drug-likeness (QED) is 0.353. The largest absolute Gasteiger partial charge is 0.274 e. The van der Waals surface area contributed by atoms with E-state index in [1.165, 1.54) is 30.3 Å². The van der Waals surface area contributed by atoms with Crippen molar-refractivity contribution in [1.82, 2.24) is 0 Å². The van der Waals surface area contributed by atoms with Crippen LogP contribution in [-0.4, -0.2) is 19.2 Å². The SMILES string of the molecule is Cc1ccc(C)c(N(C(=O)c2cc([N+](=O)[O-])ccc2Cl)S(=O)(=O)c2ccc(Cl)cc2)c1. The lowest BCUT2D eigenvalue weighted by molar-refractivity contribution is -0.384. The summed E-state index contributed by atoms with van der Waals surface area (Å²) in [4.78, 5) is 23.8. The van der Waals surface area contributed by atoms with Crippen LogP contribution >= 0.6 is 23.2 Å². The smallest absolute Gasteiger partial charge is 0.268 e. The first-order chi connectivity index (χ1) is 14.5. The second-order valence-electron chi connectivity index (χ2n) is 6.74. The number of aryl methyl sites for hydroxylation is 2. The third-order valence-electron chi connectivity index (χ3n) is 4.51. The zero-order valence-corrected chi connectivity index (χ0v) is 18.7. The van der Waals surface area contributed by atoms with Gasteiger partial charge in [0.25, 0.3) is 21.6 Å². The van der Waals surface area contributed by atoms with Crippen LogP contribution in [0.15, 0.2) is 65.6 Å². The highest BCUT2D eigenvalue weighted by atomic mass is 35.5. The molecule has 0 radical (unpaired) electrons. The lowest BCUT2D eigenvalue weighted by Crippen LogP contribution is -2.37. The molecule has 0 spiro atoms. The highest BCUT2D eigenvalue weighted by Crippen LogP contribution is 2.32. The summed E-state index contributed by atoms with van der Waals surface area (Å²) < 4.78 is 27.7. The zero-order chi connectivity index (χ0) is 22.9. The maximum atomic E-state index is 13.5. The summed E-state index contributed by atoms with van der Waals surface area (Å²) >= 11 is 12.0.